The van der Waals surface area contributed by atoms with Gasteiger partial charge in [0.05, 0.1) is 30.4 Å². The molecule has 5 heterocycles. The smallest absolute Gasteiger partial charge is 0.312 e. The number of likely N-dealkylation sites (tertiary alicyclic amines) is 1. The molecule has 0 aliphatic carbocycles. The van der Waals surface area contributed by atoms with E-state index in [2.05, 4.69) is 9.97 Å². The second-order valence-electron chi connectivity index (χ2n) is 8.46. The number of amides is 1. The van der Waals surface area contributed by atoms with Gasteiger partial charge in [-0.1, -0.05) is 6.07 Å². The molecule has 2 fully saturated rings. The number of aromatic nitrogens is 4. The summed E-state index contributed by atoms with van der Waals surface area (Å²) in [5, 5.41) is 0. The molecule has 1 atom stereocenters. The van der Waals surface area contributed by atoms with Crippen LogP contribution in [0.25, 0.3) is 5.65 Å². The number of fused-ring (bicyclic) bond motifs is 1. The van der Waals surface area contributed by atoms with Gasteiger partial charge in [-0.05, 0) is 31.4 Å². The quantitative estimate of drug-likeness (QED) is 0.618. The van der Waals surface area contributed by atoms with Crippen molar-refractivity contribution in [1.82, 2.24) is 23.8 Å². The molecule has 8 nitrogen and oxygen atoms in total. The van der Waals surface area contributed by atoms with Crippen molar-refractivity contribution in [3.8, 4) is 0 Å². The molecule has 3 aromatic heterocycles. The lowest BCUT2D eigenvalue weighted by molar-refractivity contribution is -0.152. The molecule has 0 saturated carbocycles. The highest BCUT2D eigenvalue weighted by Gasteiger charge is 2.50. The van der Waals surface area contributed by atoms with Crippen molar-refractivity contribution in [3.05, 3.63) is 54.5 Å². The summed E-state index contributed by atoms with van der Waals surface area (Å²) in [7, 11) is 0. The number of ether oxygens (including phenoxy) is 1. The van der Waals surface area contributed by atoms with E-state index in [0.29, 0.717) is 45.3 Å². The lowest BCUT2D eigenvalue weighted by atomic mass is 9.76. The molecule has 8 heteroatoms. The predicted octanol–water partition coefficient (Wildman–Crippen LogP) is 2.01. The van der Waals surface area contributed by atoms with E-state index in [9.17, 15) is 9.59 Å². The van der Waals surface area contributed by atoms with Crippen LogP contribution in [-0.2, 0) is 27.3 Å². The molecule has 2 aliphatic heterocycles. The third-order valence-electron chi connectivity index (χ3n) is 6.51. The molecule has 5 rings (SSSR count). The number of cyclic esters (lactones) is 1. The minimum Gasteiger partial charge on any atom is -0.460 e. The largest absolute Gasteiger partial charge is 0.460 e. The molecule has 0 aromatic carbocycles. The summed E-state index contributed by atoms with van der Waals surface area (Å²) < 4.78 is 9.58. The van der Waals surface area contributed by atoms with Gasteiger partial charge in [0.25, 0.3) is 0 Å². The SMILES string of the molecule is Cc1cccn2c(CC(=O)N3CCC4(CC3)CC(Cn3ccnc3)OC4=O)cnc12. The Morgan fingerprint density at radius 2 is 2.13 bits per heavy atom. The van der Waals surface area contributed by atoms with Gasteiger partial charge in [-0.25, -0.2) is 9.97 Å². The van der Waals surface area contributed by atoms with Crippen molar-refractivity contribution < 1.29 is 14.3 Å². The van der Waals surface area contributed by atoms with E-state index in [1.807, 2.05) is 45.3 Å². The standard InChI is InChI=1S/C22H25N5O3/c1-16-3-2-7-27-17(13-24-20(16)27)11-19(28)26-8-4-22(5-9-26)12-18(30-21(22)29)14-25-10-6-23-15-25/h2-3,6-7,10,13,15,18H,4-5,8-9,11-12,14H2,1H3. The number of hydrogen-bond donors (Lipinski definition) is 0. The number of imidazole rings is 2. The van der Waals surface area contributed by atoms with Gasteiger partial charge in [-0.15, -0.1) is 0 Å². The van der Waals surface area contributed by atoms with E-state index in [4.69, 9.17) is 4.74 Å². The molecule has 156 valence electrons. The van der Waals surface area contributed by atoms with E-state index in [-0.39, 0.29) is 18.0 Å². The van der Waals surface area contributed by atoms with Gasteiger partial charge in [0.2, 0.25) is 5.91 Å². The average molecular weight is 407 g/mol. The van der Waals surface area contributed by atoms with Gasteiger partial charge in [-0.2, -0.15) is 0 Å². The van der Waals surface area contributed by atoms with Crippen LogP contribution in [0.2, 0.25) is 0 Å². The van der Waals surface area contributed by atoms with Gasteiger partial charge in [0.15, 0.2) is 0 Å². The number of hydrogen-bond acceptors (Lipinski definition) is 5. The van der Waals surface area contributed by atoms with Crippen molar-refractivity contribution in [2.24, 2.45) is 5.41 Å². The Balaban J connectivity index is 1.21. The summed E-state index contributed by atoms with van der Waals surface area (Å²) in [6.45, 7) is 3.81. The Hall–Kier alpha value is -3.16. The van der Waals surface area contributed by atoms with Crippen molar-refractivity contribution in [2.45, 2.75) is 45.3 Å². The predicted molar refractivity (Wildman–Crippen MR) is 109 cm³/mol. The first-order valence-corrected chi connectivity index (χ1v) is 10.4. The number of esters is 1. The zero-order chi connectivity index (χ0) is 20.7. The van der Waals surface area contributed by atoms with Crippen LogP contribution in [0.4, 0.5) is 0 Å². The van der Waals surface area contributed by atoms with Crippen LogP contribution < -0.4 is 0 Å². The van der Waals surface area contributed by atoms with Gasteiger partial charge in [0, 0.05) is 44.3 Å². The van der Waals surface area contributed by atoms with Crippen LogP contribution in [0.1, 0.15) is 30.5 Å². The molecule has 1 unspecified atom stereocenters. The van der Waals surface area contributed by atoms with Crippen LogP contribution in [0.15, 0.2) is 43.2 Å². The third-order valence-corrected chi connectivity index (χ3v) is 6.51. The maximum atomic E-state index is 12.9. The van der Waals surface area contributed by atoms with Gasteiger partial charge in [0.1, 0.15) is 11.8 Å². The topological polar surface area (TPSA) is 81.7 Å². The lowest BCUT2D eigenvalue weighted by Gasteiger charge is -2.36. The fourth-order valence-electron chi connectivity index (χ4n) is 4.76. The third kappa shape index (κ3) is 3.26. The first kappa shape index (κ1) is 18.8. The number of aryl methyl sites for hydroxylation is 1. The minimum atomic E-state index is -0.456. The zero-order valence-electron chi connectivity index (χ0n) is 17.0. The summed E-state index contributed by atoms with van der Waals surface area (Å²) in [6.07, 6.45) is 11.3. The van der Waals surface area contributed by atoms with E-state index in [1.54, 1.807) is 18.7 Å². The number of nitrogens with zero attached hydrogens (tertiary/aromatic N) is 5. The molecule has 2 aliphatic rings. The molecule has 3 aromatic rings. The van der Waals surface area contributed by atoms with Crippen LogP contribution in [-0.4, -0.2) is 54.9 Å². The Bertz CT molecular complexity index is 1080. The highest BCUT2D eigenvalue weighted by Crippen LogP contribution is 2.43. The lowest BCUT2D eigenvalue weighted by Crippen LogP contribution is -2.45. The fourth-order valence-corrected chi connectivity index (χ4v) is 4.76. The number of rotatable bonds is 4. The molecule has 0 radical (unpaired) electrons. The van der Waals surface area contributed by atoms with E-state index in [1.165, 1.54) is 0 Å². The monoisotopic (exact) mass is 407 g/mol. The minimum absolute atomic E-state index is 0.0782. The second-order valence-corrected chi connectivity index (χ2v) is 8.46. The zero-order valence-corrected chi connectivity index (χ0v) is 17.0. The van der Waals surface area contributed by atoms with Crippen molar-refractivity contribution in [1.29, 1.82) is 0 Å². The molecule has 0 bridgehead atoms. The Morgan fingerprint density at radius 3 is 2.90 bits per heavy atom. The fraction of sp³-hybridized carbons (Fsp3) is 0.455. The molecule has 1 amide bonds. The number of carbonyl (C=O) groups is 2. The number of piperidine rings is 1. The highest BCUT2D eigenvalue weighted by atomic mass is 16.6. The molecule has 30 heavy (non-hydrogen) atoms. The molecule has 1 spiro atoms. The van der Waals surface area contributed by atoms with Crippen LogP contribution >= 0.6 is 0 Å². The highest BCUT2D eigenvalue weighted by molar-refractivity contribution is 5.81. The first-order valence-electron chi connectivity index (χ1n) is 10.4. The van der Waals surface area contributed by atoms with Crippen LogP contribution in [0.3, 0.4) is 0 Å². The van der Waals surface area contributed by atoms with E-state index >= 15 is 0 Å². The maximum Gasteiger partial charge on any atom is 0.312 e. The van der Waals surface area contributed by atoms with Crippen molar-refractivity contribution in [2.75, 3.05) is 13.1 Å². The maximum absolute atomic E-state index is 12.9. The van der Waals surface area contributed by atoms with Gasteiger partial charge < -0.3 is 18.6 Å². The number of carbonyl (C=O) groups excluding carboxylic acids is 2. The van der Waals surface area contributed by atoms with Crippen LogP contribution in [0.5, 0.6) is 0 Å². The Labute approximate surface area is 174 Å². The van der Waals surface area contributed by atoms with Crippen LogP contribution in [0, 0.1) is 12.3 Å². The molecular weight excluding hydrogens is 382 g/mol. The summed E-state index contributed by atoms with van der Waals surface area (Å²) in [6, 6.07) is 3.98. The van der Waals surface area contributed by atoms with E-state index in [0.717, 1.165) is 16.9 Å². The molecule has 0 N–H and O–H groups in total. The second kappa shape index (κ2) is 7.27. The Kier molecular flexibility index (Phi) is 4.56. The Morgan fingerprint density at radius 1 is 1.30 bits per heavy atom. The summed E-state index contributed by atoms with van der Waals surface area (Å²) in [5.74, 6) is -0.0357. The first-order chi connectivity index (χ1) is 14.5. The van der Waals surface area contributed by atoms with Gasteiger partial charge in [-0.3, -0.25) is 9.59 Å². The summed E-state index contributed by atoms with van der Waals surface area (Å²) in [4.78, 5) is 35.9. The average Bonchev–Trinajstić information content (AvgIpc) is 3.45. The number of pyridine rings is 1. The van der Waals surface area contributed by atoms with Crippen molar-refractivity contribution in [3.63, 3.8) is 0 Å². The van der Waals surface area contributed by atoms with Gasteiger partial charge >= 0.3 is 5.97 Å². The molecular formula is C22H25N5O3. The summed E-state index contributed by atoms with van der Waals surface area (Å²) >= 11 is 0. The van der Waals surface area contributed by atoms with E-state index < -0.39 is 5.41 Å². The van der Waals surface area contributed by atoms with Crippen molar-refractivity contribution >= 4 is 17.5 Å². The summed E-state index contributed by atoms with van der Waals surface area (Å²) in [5.41, 5.74) is 2.40. The molecule has 2 saturated heterocycles. The normalized spacial score (nSPS) is 20.8.